The molecule has 2 amide bonds. The van der Waals surface area contributed by atoms with E-state index in [-0.39, 0.29) is 36.5 Å². The van der Waals surface area contributed by atoms with Crippen LogP contribution in [0, 0.1) is 6.92 Å². The van der Waals surface area contributed by atoms with Gasteiger partial charge in [0.15, 0.2) is 6.61 Å². The van der Waals surface area contributed by atoms with Gasteiger partial charge in [-0.05, 0) is 67.6 Å². The van der Waals surface area contributed by atoms with Gasteiger partial charge in [-0.1, -0.05) is 28.1 Å². The van der Waals surface area contributed by atoms with E-state index in [4.69, 9.17) is 14.2 Å². The second-order valence-electron chi connectivity index (χ2n) is 6.77. The Hall–Kier alpha value is -2.78. The number of esters is 1. The Morgan fingerprint density at radius 2 is 1.97 bits per heavy atom. The number of ether oxygens (including phenoxy) is 3. The molecule has 1 saturated heterocycles. The Morgan fingerprint density at radius 1 is 1.16 bits per heavy atom. The Balaban J connectivity index is 1.68. The molecular formula is C23H22BrNO6S. The molecule has 168 valence electrons. The maximum atomic E-state index is 12.8. The number of thioether (sulfide) groups is 1. The van der Waals surface area contributed by atoms with Gasteiger partial charge < -0.3 is 14.2 Å². The third-order valence-electron chi connectivity index (χ3n) is 4.36. The first kappa shape index (κ1) is 23.9. The summed E-state index contributed by atoms with van der Waals surface area (Å²) >= 11 is 4.24. The number of amides is 2. The van der Waals surface area contributed by atoms with Crippen molar-refractivity contribution in [3.05, 3.63) is 63.0 Å². The number of hydrogen-bond donors (Lipinski definition) is 0. The molecule has 2 aromatic rings. The fraction of sp³-hybridized carbons (Fsp3) is 0.261. The highest BCUT2D eigenvalue weighted by molar-refractivity contribution is 9.10. The maximum absolute atomic E-state index is 12.8. The van der Waals surface area contributed by atoms with Gasteiger partial charge in [-0.3, -0.25) is 14.5 Å². The van der Waals surface area contributed by atoms with Crippen LogP contribution in [0.4, 0.5) is 4.79 Å². The van der Waals surface area contributed by atoms with E-state index in [0.29, 0.717) is 17.1 Å². The number of carbonyl (C=O) groups is 3. The van der Waals surface area contributed by atoms with Crippen LogP contribution in [0.3, 0.4) is 0 Å². The monoisotopic (exact) mass is 519 g/mol. The minimum atomic E-state index is -0.490. The highest BCUT2D eigenvalue weighted by atomic mass is 79.9. The first-order valence-corrected chi connectivity index (χ1v) is 11.5. The topological polar surface area (TPSA) is 82.1 Å². The number of rotatable bonds is 9. The normalized spacial score (nSPS) is 14.7. The Morgan fingerprint density at radius 3 is 2.72 bits per heavy atom. The summed E-state index contributed by atoms with van der Waals surface area (Å²) in [5, 5.41) is -0.363. The Kier molecular flexibility index (Phi) is 8.35. The molecule has 0 spiro atoms. The van der Waals surface area contributed by atoms with Crippen LogP contribution in [0.1, 0.15) is 18.1 Å². The van der Waals surface area contributed by atoms with Crippen LogP contribution in [-0.4, -0.2) is 48.4 Å². The molecule has 0 radical (unpaired) electrons. The summed E-state index contributed by atoms with van der Waals surface area (Å²) in [6.07, 6.45) is 1.58. The molecule has 1 aliphatic heterocycles. The van der Waals surface area contributed by atoms with E-state index in [1.807, 2.05) is 31.2 Å². The van der Waals surface area contributed by atoms with Crippen molar-refractivity contribution in [2.75, 3.05) is 26.4 Å². The van der Waals surface area contributed by atoms with E-state index in [0.717, 1.165) is 26.7 Å². The zero-order chi connectivity index (χ0) is 23.1. The van der Waals surface area contributed by atoms with Crippen molar-refractivity contribution in [1.82, 2.24) is 4.90 Å². The lowest BCUT2D eigenvalue weighted by Crippen LogP contribution is -2.32. The van der Waals surface area contributed by atoms with Crippen molar-refractivity contribution in [3.8, 4) is 11.5 Å². The zero-order valence-electron chi connectivity index (χ0n) is 17.6. The number of halogens is 1. The molecule has 32 heavy (non-hydrogen) atoms. The summed E-state index contributed by atoms with van der Waals surface area (Å²) in [6.45, 7) is 4.01. The van der Waals surface area contributed by atoms with Gasteiger partial charge in [0.25, 0.3) is 11.1 Å². The molecular weight excluding hydrogens is 498 g/mol. The van der Waals surface area contributed by atoms with Crippen molar-refractivity contribution in [2.45, 2.75) is 13.8 Å². The van der Waals surface area contributed by atoms with E-state index in [2.05, 4.69) is 15.9 Å². The first-order chi connectivity index (χ1) is 15.4. The van der Waals surface area contributed by atoms with Crippen molar-refractivity contribution in [2.24, 2.45) is 0 Å². The van der Waals surface area contributed by atoms with Crippen LogP contribution < -0.4 is 9.47 Å². The van der Waals surface area contributed by atoms with E-state index in [1.54, 1.807) is 31.2 Å². The molecule has 0 unspecified atom stereocenters. The zero-order valence-corrected chi connectivity index (χ0v) is 20.0. The molecule has 0 aliphatic carbocycles. The van der Waals surface area contributed by atoms with Crippen molar-refractivity contribution >= 4 is 50.9 Å². The molecule has 0 atom stereocenters. The van der Waals surface area contributed by atoms with Gasteiger partial charge in [-0.15, -0.1) is 0 Å². The molecule has 7 nitrogen and oxygen atoms in total. The fourth-order valence-electron chi connectivity index (χ4n) is 2.90. The van der Waals surface area contributed by atoms with Crippen LogP contribution >= 0.6 is 27.7 Å². The standard InChI is InChI=1S/C23H22BrNO6S/c1-3-29-21(26)14-31-19-8-7-17(24)12-16(19)13-20-22(27)25(23(28)32-20)9-10-30-18-6-4-5-15(2)11-18/h4-8,11-13H,3,9-10,14H2,1-2H3/b20-13-. The molecule has 3 rings (SSSR count). The molecule has 1 fully saturated rings. The maximum Gasteiger partial charge on any atom is 0.344 e. The average molecular weight is 520 g/mol. The second-order valence-corrected chi connectivity index (χ2v) is 8.68. The third-order valence-corrected chi connectivity index (χ3v) is 5.76. The number of nitrogens with zero attached hydrogens (tertiary/aromatic N) is 1. The third kappa shape index (κ3) is 6.37. The van der Waals surface area contributed by atoms with E-state index >= 15 is 0 Å². The summed E-state index contributed by atoms with van der Waals surface area (Å²) in [6, 6.07) is 12.7. The van der Waals surface area contributed by atoms with Gasteiger partial charge in [0, 0.05) is 10.0 Å². The van der Waals surface area contributed by atoms with E-state index < -0.39 is 11.9 Å². The molecule has 1 aliphatic rings. The van der Waals surface area contributed by atoms with Crippen LogP contribution in [-0.2, 0) is 14.3 Å². The van der Waals surface area contributed by atoms with Gasteiger partial charge in [-0.2, -0.15) is 0 Å². The lowest BCUT2D eigenvalue weighted by molar-refractivity contribution is -0.145. The lowest BCUT2D eigenvalue weighted by Gasteiger charge is -2.13. The Bertz CT molecular complexity index is 1050. The van der Waals surface area contributed by atoms with Crippen molar-refractivity contribution in [1.29, 1.82) is 0 Å². The van der Waals surface area contributed by atoms with Crippen molar-refractivity contribution < 1.29 is 28.6 Å². The smallest absolute Gasteiger partial charge is 0.344 e. The highest BCUT2D eigenvalue weighted by Crippen LogP contribution is 2.34. The van der Waals surface area contributed by atoms with Crippen LogP contribution in [0.25, 0.3) is 6.08 Å². The predicted molar refractivity (Wildman–Crippen MR) is 126 cm³/mol. The van der Waals surface area contributed by atoms with Gasteiger partial charge in [0.1, 0.15) is 18.1 Å². The number of benzene rings is 2. The van der Waals surface area contributed by atoms with Crippen LogP contribution in [0.15, 0.2) is 51.8 Å². The highest BCUT2D eigenvalue weighted by Gasteiger charge is 2.35. The van der Waals surface area contributed by atoms with E-state index in [1.165, 1.54) is 0 Å². The van der Waals surface area contributed by atoms with Crippen LogP contribution in [0.5, 0.6) is 11.5 Å². The number of carbonyl (C=O) groups excluding carboxylic acids is 3. The van der Waals surface area contributed by atoms with Gasteiger partial charge in [0.05, 0.1) is 18.1 Å². The number of hydrogen-bond acceptors (Lipinski definition) is 7. The quantitative estimate of drug-likeness (QED) is 0.347. The summed E-state index contributed by atoms with van der Waals surface area (Å²) in [5.41, 5.74) is 1.62. The second kappa shape index (κ2) is 11.2. The minimum absolute atomic E-state index is 0.140. The molecule has 1 heterocycles. The molecule has 9 heteroatoms. The van der Waals surface area contributed by atoms with Gasteiger partial charge >= 0.3 is 5.97 Å². The van der Waals surface area contributed by atoms with Gasteiger partial charge in [-0.25, -0.2) is 4.79 Å². The largest absolute Gasteiger partial charge is 0.492 e. The molecule has 0 aromatic heterocycles. The van der Waals surface area contributed by atoms with Crippen LogP contribution in [0.2, 0.25) is 0 Å². The minimum Gasteiger partial charge on any atom is -0.492 e. The van der Waals surface area contributed by atoms with Crippen molar-refractivity contribution in [3.63, 3.8) is 0 Å². The SMILES string of the molecule is CCOC(=O)COc1ccc(Br)cc1/C=C1\SC(=O)N(CCOc2cccc(C)c2)C1=O. The number of aryl methyl sites for hydroxylation is 1. The fourth-order valence-corrected chi connectivity index (χ4v) is 4.13. The van der Waals surface area contributed by atoms with E-state index in [9.17, 15) is 14.4 Å². The first-order valence-electron chi connectivity index (χ1n) is 9.90. The average Bonchev–Trinajstić information content (AvgIpc) is 3.01. The Labute approximate surface area is 198 Å². The summed E-state index contributed by atoms with van der Waals surface area (Å²) in [5.74, 6) is 0.195. The summed E-state index contributed by atoms with van der Waals surface area (Å²) in [7, 11) is 0. The lowest BCUT2D eigenvalue weighted by atomic mass is 10.2. The molecule has 0 saturated carbocycles. The summed E-state index contributed by atoms with van der Waals surface area (Å²) in [4.78, 5) is 38.2. The number of imide groups is 1. The molecule has 0 bridgehead atoms. The summed E-state index contributed by atoms with van der Waals surface area (Å²) < 4.78 is 16.8. The molecule has 2 aromatic carbocycles. The molecule has 0 N–H and O–H groups in total. The predicted octanol–water partition coefficient (Wildman–Crippen LogP) is 4.81. The van der Waals surface area contributed by atoms with Gasteiger partial charge in [0.2, 0.25) is 0 Å².